The zero-order chi connectivity index (χ0) is 21.1. The van der Waals surface area contributed by atoms with Gasteiger partial charge in [0.25, 0.3) is 0 Å². The van der Waals surface area contributed by atoms with Gasteiger partial charge in [-0.1, -0.05) is 48.5 Å². The van der Waals surface area contributed by atoms with Crippen molar-refractivity contribution in [1.29, 1.82) is 0 Å². The molecule has 0 spiro atoms. The summed E-state index contributed by atoms with van der Waals surface area (Å²) in [7, 11) is 0. The molecule has 1 heterocycles. The van der Waals surface area contributed by atoms with Gasteiger partial charge in [0, 0.05) is 24.2 Å². The van der Waals surface area contributed by atoms with E-state index < -0.39 is 18.1 Å². The predicted octanol–water partition coefficient (Wildman–Crippen LogP) is 3.96. The number of nitrogens with one attached hydrogen (secondary N) is 1. The molecular formula is C23H23N3O4. The molecule has 2 aromatic carbocycles. The lowest BCUT2D eigenvalue weighted by Crippen LogP contribution is -2.31. The molecular weight excluding hydrogens is 382 g/mol. The number of fused-ring (bicyclic) bond motifs is 3. The van der Waals surface area contributed by atoms with E-state index in [2.05, 4.69) is 22.5 Å². The van der Waals surface area contributed by atoms with Crippen LogP contribution in [0.2, 0.25) is 0 Å². The molecule has 1 atom stereocenters. The van der Waals surface area contributed by atoms with Crippen LogP contribution >= 0.6 is 0 Å². The average molecular weight is 405 g/mol. The van der Waals surface area contributed by atoms with Gasteiger partial charge in [0.1, 0.15) is 6.61 Å². The van der Waals surface area contributed by atoms with E-state index in [1.807, 2.05) is 43.3 Å². The van der Waals surface area contributed by atoms with Gasteiger partial charge in [-0.25, -0.2) is 4.79 Å². The zero-order valence-corrected chi connectivity index (χ0v) is 16.6. The monoisotopic (exact) mass is 405 g/mol. The molecule has 2 N–H and O–H groups in total. The van der Waals surface area contributed by atoms with E-state index in [1.54, 1.807) is 17.1 Å². The maximum Gasteiger partial charge on any atom is 0.407 e. The molecule has 0 bridgehead atoms. The number of nitrogens with zero attached hydrogens (tertiary/aromatic N) is 2. The minimum absolute atomic E-state index is 0.0519. The smallest absolute Gasteiger partial charge is 0.407 e. The van der Waals surface area contributed by atoms with E-state index in [9.17, 15) is 14.7 Å². The lowest BCUT2D eigenvalue weighted by molar-refractivity contribution is -0.137. The normalized spacial score (nSPS) is 13.4. The van der Waals surface area contributed by atoms with E-state index in [0.29, 0.717) is 12.1 Å². The van der Waals surface area contributed by atoms with Crippen LogP contribution in [0.25, 0.3) is 11.1 Å². The third-order valence-corrected chi connectivity index (χ3v) is 5.39. The molecule has 0 aliphatic heterocycles. The molecule has 1 aromatic heterocycles. The lowest BCUT2D eigenvalue weighted by atomic mass is 9.98. The van der Waals surface area contributed by atoms with Gasteiger partial charge in [0.15, 0.2) is 0 Å². The Hall–Kier alpha value is -3.61. The number of aromatic nitrogens is 2. The summed E-state index contributed by atoms with van der Waals surface area (Å²) in [5.74, 6) is -1.06. The molecule has 30 heavy (non-hydrogen) atoms. The zero-order valence-electron chi connectivity index (χ0n) is 16.6. The number of ether oxygens (including phenoxy) is 1. The largest absolute Gasteiger partial charge is 0.481 e. The first-order valence-corrected chi connectivity index (χ1v) is 9.92. The summed E-state index contributed by atoms with van der Waals surface area (Å²) < 4.78 is 7.22. The molecule has 0 radical (unpaired) electrons. The number of aliphatic carboxylic acids is 1. The molecule has 0 unspecified atom stereocenters. The SMILES string of the molecule is CCn1cc([C@@H](CC(=O)O)NC(=O)OCC2c3ccccc3-c3ccccc32)cn1. The Bertz CT molecular complexity index is 1030. The van der Waals surface area contributed by atoms with Crippen LogP contribution in [0.1, 0.15) is 42.0 Å². The molecule has 1 aliphatic carbocycles. The van der Waals surface area contributed by atoms with Crippen molar-refractivity contribution in [2.45, 2.75) is 31.8 Å². The van der Waals surface area contributed by atoms with Crippen LogP contribution in [0.5, 0.6) is 0 Å². The number of amides is 1. The van der Waals surface area contributed by atoms with Gasteiger partial charge < -0.3 is 15.2 Å². The second-order valence-corrected chi connectivity index (χ2v) is 7.25. The highest BCUT2D eigenvalue weighted by molar-refractivity contribution is 5.79. The maximum absolute atomic E-state index is 12.5. The standard InChI is InChI=1S/C23H23N3O4/c1-2-26-13-15(12-24-26)21(11-22(27)28)25-23(29)30-14-20-18-9-5-3-7-16(18)17-8-4-6-10-19(17)20/h3-10,12-13,20-21H,2,11,14H2,1H3,(H,25,29)(H,27,28)/t21-/m1/s1. The van der Waals surface area contributed by atoms with Crippen LogP contribution in [-0.2, 0) is 16.1 Å². The van der Waals surface area contributed by atoms with Gasteiger partial charge in [-0.2, -0.15) is 5.10 Å². The van der Waals surface area contributed by atoms with Crippen molar-refractivity contribution >= 4 is 12.1 Å². The third-order valence-electron chi connectivity index (χ3n) is 5.39. The van der Waals surface area contributed by atoms with Crippen LogP contribution in [0.15, 0.2) is 60.9 Å². The summed E-state index contributed by atoms with van der Waals surface area (Å²) in [6, 6.07) is 15.5. The highest BCUT2D eigenvalue weighted by atomic mass is 16.5. The number of carbonyl (C=O) groups excluding carboxylic acids is 1. The van der Waals surface area contributed by atoms with Gasteiger partial charge in [0.2, 0.25) is 0 Å². The van der Waals surface area contributed by atoms with E-state index in [4.69, 9.17) is 4.74 Å². The number of carboxylic acid groups (broad SMARTS) is 1. The summed E-state index contributed by atoms with van der Waals surface area (Å²) in [4.78, 5) is 23.8. The molecule has 0 fully saturated rings. The summed E-state index contributed by atoms with van der Waals surface area (Å²) in [5.41, 5.74) is 5.18. The molecule has 4 rings (SSSR count). The van der Waals surface area contributed by atoms with Crippen molar-refractivity contribution in [2.24, 2.45) is 0 Å². The van der Waals surface area contributed by atoms with Crippen molar-refractivity contribution in [1.82, 2.24) is 15.1 Å². The molecule has 1 aliphatic rings. The Labute approximate surface area is 174 Å². The number of rotatable bonds is 7. The highest BCUT2D eigenvalue weighted by Crippen LogP contribution is 2.44. The van der Waals surface area contributed by atoms with E-state index in [1.165, 1.54) is 0 Å². The first-order chi connectivity index (χ1) is 14.6. The Morgan fingerprint density at radius 1 is 1.13 bits per heavy atom. The highest BCUT2D eigenvalue weighted by Gasteiger charge is 2.29. The third kappa shape index (κ3) is 3.91. The number of carbonyl (C=O) groups is 2. The quantitative estimate of drug-likeness (QED) is 0.621. The Kier molecular flexibility index (Phi) is 5.52. The van der Waals surface area contributed by atoms with Gasteiger partial charge in [-0.15, -0.1) is 0 Å². The molecule has 154 valence electrons. The Morgan fingerprint density at radius 3 is 2.33 bits per heavy atom. The Morgan fingerprint density at radius 2 is 1.77 bits per heavy atom. The fraction of sp³-hybridized carbons (Fsp3) is 0.261. The Balaban J connectivity index is 1.47. The van der Waals surface area contributed by atoms with Crippen LogP contribution in [-0.4, -0.2) is 33.6 Å². The molecule has 3 aromatic rings. The summed E-state index contributed by atoms with van der Waals surface area (Å²) in [6.07, 6.45) is 2.41. The van der Waals surface area contributed by atoms with E-state index in [0.717, 1.165) is 22.3 Å². The number of benzene rings is 2. The number of aryl methyl sites for hydroxylation is 1. The van der Waals surface area contributed by atoms with Gasteiger partial charge in [-0.3, -0.25) is 9.48 Å². The second kappa shape index (κ2) is 8.41. The summed E-state index contributed by atoms with van der Waals surface area (Å²) >= 11 is 0. The van der Waals surface area contributed by atoms with E-state index >= 15 is 0 Å². The van der Waals surface area contributed by atoms with Crippen molar-refractivity contribution in [3.8, 4) is 11.1 Å². The lowest BCUT2D eigenvalue weighted by Gasteiger charge is -2.18. The fourth-order valence-corrected chi connectivity index (χ4v) is 3.94. The molecule has 1 amide bonds. The molecule has 0 saturated heterocycles. The molecule has 7 heteroatoms. The first-order valence-electron chi connectivity index (χ1n) is 9.92. The summed E-state index contributed by atoms with van der Waals surface area (Å²) in [5, 5.41) is 16.1. The number of carboxylic acids is 1. The fourth-order valence-electron chi connectivity index (χ4n) is 3.94. The van der Waals surface area contributed by atoms with Crippen LogP contribution in [0.4, 0.5) is 4.79 Å². The molecule has 0 saturated carbocycles. The van der Waals surface area contributed by atoms with Crippen molar-refractivity contribution in [3.63, 3.8) is 0 Å². The minimum Gasteiger partial charge on any atom is -0.481 e. The van der Waals surface area contributed by atoms with Crippen LogP contribution in [0, 0.1) is 0 Å². The average Bonchev–Trinajstić information content (AvgIpc) is 3.35. The van der Waals surface area contributed by atoms with Crippen molar-refractivity contribution in [2.75, 3.05) is 6.61 Å². The number of alkyl carbamates (subject to hydrolysis) is 1. The minimum atomic E-state index is -1.01. The first kappa shape index (κ1) is 19.7. The van der Waals surface area contributed by atoms with Crippen molar-refractivity contribution < 1.29 is 19.4 Å². The van der Waals surface area contributed by atoms with Crippen LogP contribution in [0.3, 0.4) is 0 Å². The molecule has 7 nitrogen and oxygen atoms in total. The number of hydrogen-bond donors (Lipinski definition) is 2. The van der Waals surface area contributed by atoms with Crippen molar-refractivity contribution in [3.05, 3.63) is 77.6 Å². The van der Waals surface area contributed by atoms with E-state index in [-0.39, 0.29) is 18.9 Å². The predicted molar refractivity (Wildman–Crippen MR) is 111 cm³/mol. The van der Waals surface area contributed by atoms with Gasteiger partial charge in [-0.05, 0) is 29.2 Å². The summed E-state index contributed by atoms with van der Waals surface area (Å²) in [6.45, 7) is 2.76. The maximum atomic E-state index is 12.5. The second-order valence-electron chi connectivity index (χ2n) is 7.25. The topological polar surface area (TPSA) is 93.5 Å². The number of hydrogen-bond acceptors (Lipinski definition) is 4. The van der Waals surface area contributed by atoms with Gasteiger partial charge >= 0.3 is 12.1 Å². The van der Waals surface area contributed by atoms with Gasteiger partial charge in [0.05, 0.1) is 18.7 Å². The van der Waals surface area contributed by atoms with Crippen LogP contribution < -0.4 is 5.32 Å².